The minimum absolute atomic E-state index is 0.0553. The van der Waals surface area contributed by atoms with Gasteiger partial charge in [-0.2, -0.15) is 5.26 Å². The monoisotopic (exact) mass is 412 g/mol. The smallest absolute Gasteiger partial charge is 0.162 e. The molecule has 1 fully saturated rings. The van der Waals surface area contributed by atoms with Crippen molar-refractivity contribution in [3.05, 3.63) is 57.5 Å². The molecule has 2 aliphatic heterocycles. The summed E-state index contributed by atoms with van der Waals surface area (Å²) in [6.07, 6.45) is 1.13. The second-order valence-electron chi connectivity index (χ2n) is 8.54. The number of hydrazine groups is 1. The Labute approximate surface area is 176 Å². The number of hydrogen-bond acceptors (Lipinski definition) is 6. The molecule has 2 heterocycles. The van der Waals surface area contributed by atoms with Crippen LogP contribution >= 0.6 is 11.6 Å². The summed E-state index contributed by atoms with van der Waals surface area (Å²) in [6.45, 7) is 6.66. The first kappa shape index (κ1) is 20.0. The normalized spacial score (nSPS) is 25.1. The molecule has 0 radical (unpaired) electrons. The summed E-state index contributed by atoms with van der Waals surface area (Å²) in [7, 11) is 0. The molecule has 3 aliphatic rings. The molecule has 152 valence electrons. The topological polar surface area (TPSA) is 82.6 Å². The van der Waals surface area contributed by atoms with Gasteiger partial charge >= 0.3 is 0 Å². The predicted octanol–water partition coefficient (Wildman–Crippen LogP) is 3.32. The Morgan fingerprint density at radius 2 is 1.93 bits per heavy atom. The van der Waals surface area contributed by atoms with Gasteiger partial charge in [0.05, 0.1) is 30.8 Å². The molecule has 2 N–H and O–H groups in total. The highest BCUT2D eigenvalue weighted by Crippen LogP contribution is 2.50. The average Bonchev–Trinajstić information content (AvgIpc) is 2.67. The molecule has 1 saturated heterocycles. The Hall–Kier alpha value is -2.33. The van der Waals surface area contributed by atoms with Gasteiger partial charge in [-0.1, -0.05) is 43.6 Å². The lowest BCUT2D eigenvalue weighted by Crippen LogP contribution is -2.53. The highest BCUT2D eigenvalue weighted by Gasteiger charge is 2.46. The van der Waals surface area contributed by atoms with E-state index in [4.69, 9.17) is 22.1 Å². The summed E-state index contributed by atoms with van der Waals surface area (Å²) in [5.74, 6) is -0.104. The van der Waals surface area contributed by atoms with Gasteiger partial charge in [0.2, 0.25) is 0 Å². The molecule has 4 rings (SSSR count). The van der Waals surface area contributed by atoms with Gasteiger partial charge in [-0.3, -0.25) is 9.80 Å². The predicted molar refractivity (Wildman–Crippen MR) is 110 cm³/mol. The third-order valence-corrected chi connectivity index (χ3v) is 6.18. The number of Topliss-reactive ketones (excluding diaryl/α,β-unsaturated/α-hetero) is 1. The fraction of sp³-hybridized carbons (Fsp3) is 0.455. The number of morpholine rings is 1. The van der Waals surface area contributed by atoms with Crippen LogP contribution in [0.15, 0.2) is 46.9 Å². The Morgan fingerprint density at radius 1 is 1.24 bits per heavy atom. The van der Waals surface area contributed by atoms with E-state index in [-0.39, 0.29) is 11.2 Å². The number of carbonyl (C=O) groups excluding carboxylic acids is 1. The van der Waals surface area contributed by atoms with Crippen LogP contribution in [-0.2, 0) is 9.53 Å². The van der Waals surface area contributed by atoms with Crippen LogP contribution in [0.2, 0.25) is 5.02 Å². The van der Waals surface area contributed by atoms with E-state index < -0.39 is 5.92 Å². The molecular weight excluding hydrogens is 388 g/mol. The molecule has 0 spiro atoms. The van der Waals surface area contributed by atoms with Crippen molar-refractivity contribution in [2.45, 2.75) is 32.6 Å². The molecule has 1 unspecified atom stereocenters. The Balaban J connectivity index is 1.94. The van der Waals surface area contributed by atoms with Gasteiger partial charge in [0.25, 0.3) is 0 Å². The van der Waals surface area contributed by atoms with E-state index >= 15 is 0 Å². The van der Waals surface area contributed by atoms with E-state index in [0.29, 0.717) is 61.1 Å². The van der Waals surface area contributed by atoms with Crippen LogP contribution in [0.1, 0.15) is 38.2 Å². The summed E-state index contributed by atoms with van der Waals surface area (Å²) < 4.78 is 5.49. The lowest BCUT2D eigenvalue weighted by molar-refractivity contribution is -0.119. The average molecular weight is 413 g/mol. The van der Waals surface area contributed by atoms with Crippen LogP contribution in [-0.4, -0.2) is 42.1 Å². The Morgan fingerprint density at radius 3 is 2.59 bits per heavy atom. The largest absolute Gasteiger partial charge is 0.383 e. The maximum Gasteiger partial charge on any atom is 0.162 e. The zero-order valence-electron chi connectivity index (χ0n) is 16.7. The minimum Gasteiger partial charge on any atom is -0.383 e. The van der Waals surface area contributed by atoms with E-state index in [1.807, 2.05) is 23.2 Å². The molecule has 1 aromatic rings. The Bertz CT molecular complexity index is 954. The third-order valence-electron chi connectivity index (χ3n) is 5.84. The number of rotatable bonds is 2. The molecule has 1 aromatic carbocycles. The number of ketones is 1. The summed E-state index contributed by atoms with van der Waals surface area (Å²) in [5, 5.41) is 14.6. The first-order valence-corrected chi connectivity index (χ1v) is 10.2. The van der Waals surface area contributed by atoms with Crippen molar-refractivity contribution in [2.24, 2.45) is 11.1 Å². The number of halogens is 1. The molecular formula is C22H25ClN4O2. The van der Waals surface area contributed by atoms with Crippen molar-refractivity contribution in [2.75, 3.05) is 26.3 Å². The van der Waals surface area contributed by atoms with Crippen LogP contribution < -0.4 is 5.73 Å². The van der Waals surface area contributed by atoms with Gasteiger partial charge in [0, 0.05) is 35.8 Å². The van der Waals surface area contributed by atoms with Crippen molar-refractivity contribution in [1.82, 2.24) is 10.0 Å². The lowest BCUT2D eigenvalue weighted by Gasteiger charge is -2.48. The van der Waals surface area contributed by atoms with Crippen LogP contribution in [0.4, 0.5) is 0 Å². The van der Waals surface area contributed by atoms with Gasteiger partial charge in [-0.15, -0.1) is 0 Å². The second-order valence-corrected chi connectivity index (χ2v) is 8.95. The van der Waals surface area contributed by atoms with Crippen LogP contribution in [0.25, 0.3) is 0 Å². The molecule has 29 heavy (non-hydrogen) atoms. The summed E-state index contributed by atoms with van der Waals surface area (Å²) in [4.78, 5) is 13.4. The van der Waals surface area contributed by atoms with Crippen molar-refractivity contribution in [1.29, 1.82) is 5.26 Å². The first-order valence-electron chi connectivity index (χ1n) is 9.87. The van der Waals surface area contributed by atoms with Crippen molar-refractivity contribution < 1.29 is 9.53 Å². The third kappa shape index (κ3) is 3.44. The first-order chi connectivity index (χ1) is 13.8. The standard InChI is InChI=1S/C22H25ClN4O2/c1-22(2)11-17-20(18(28)12-22)19(14-5-3-4-6-16(14)23)15(13-24)21(25)27(17)26-7-9-29-10-8-26/h3-6,19H,7-12,25H2,1-2H3. The maximum atomic E-state index is 13.4. The number of allylic oxidation sites excluding steroid dienone is 3. The molecule has 0 bridgehead atoms. The summed E-state index contributed by atoms with van der Waals surface area (Å²) >= 11 is 6.50. The zero-order valence-corrected chi connectivity index (χ0v) is 17.5. The van der Waals surface area contributed by atoms with Gasteiger partial charge in [-0.25, -0.2) is 5.01 Å². The van der Waals surface area contributed by atoms with Crippen LogP contribution in [0.5, 0.6) is 0 Å². The number of hydrogen-bond donors (Lipinski definition) is 1. The molecule has 0 amide bonds. The van der Waals surface area contributed by atoms with E-state index in [1.54, 1.807) is 6.07 Å². The van der Waals surface area contributed by atoms with Gasteiger partial charge in [0.1, 0.15) is 5.82 Å². The van der Waals surface area contributed by atoms with Gasteiger partial charge in [-0.05, 0) is 23.5 Å². The highest BCUT2D eigenvalue weighted by molar-refractivity contribution is 6.31. The van der Waals surface area contributed by atoms with E-state index in [0.717, 1.165) is 11.3 Å². The van der Waals surface area contributed by atoms with Gasteiger partial charge < -0.3 is 10.5 Å². The van der Waals surface area contributed by atoms with Crippen LogP contribution in [0, 0.1) is 16.7 Å². The second kappa shape index (κ2) is 7.49. The molecule has 0 saturated carbocycles. The fourth-order valence-electron chi connectivity index (χ4n) is 4.59. The number of benzene rings is 1. The number of nitrogens with zero attached hydrogens (tertiary/aromatic N) is 3. The quantitative estimate of drug-likeness (QED) is 0.802. The van der Waals surface area contributed by atoms with Crippen molar-refractivity contribution in [3.63, 3.8) is 0 Å². The lowest BCUT2D eigenvalue weighted by atomic mass is 9.69. The van der Waals surface area contributed by atoms with E-state index in [2.05, 4.69) is 24.9 Å². The molecule has 0 aromatic heterocycles. The number of nitriles is 1. The van der Waals surface area contributed by atoms with E-state index in [1.165, 1.54) is 0 Å². The zero-order chi connectivity index (χ0) is 20.8. The SMILES string of the molecule is CC1(C)CC(=O)C2=C(C1)N(N1CCOCC1)C(N)=C(C#N)C2c1ccccc1Cl. The number of carbonyl (C=O) groups is 1. The number of nitrogens with two attached hydrogens (primary N) is 1. The van der Waals surface area contributed by atoms with Crippen LogP contribution in [0.3, 0.4) is 0 Å². The molecule has 7 heteroatoms. The molecule has 1 aliphatic carbocycles. The van der Waals surface area contributed by atoms with E-state index in [9.17, 15) is 10.1 Å². The highest BCUT2D eigenvalue weighted by atomic mass is 35.5. The Kier molecular flexibility index (Phi) is 5.16. The maximum absolute atomic E-state index is 13.4. The van der Waals surface area contributed by atoms with Crippen molar-refractivity contribution >= 4 is 17.4 Å². The number of ether oxygens (including phenoxy) is 1. The van der Waals surface area contributed by atoms with Crippen molar-refractivity contribution in [3.8, 4) is 6.07 Å². The molecule has 1 atom stereocenters. The minimum atomic E-state index is -0.537. The van der Waals surface area contributed by atoms with Gasteiger partial charge in [0.15, 0.2) is 5.78 Å². The molecule has 6 nitrogen and oxygen atoms in total. The summed E-state index contributed by atoms with van der Waals surface area (Å²) in [5.41, 5.74) is 9.06. The fourth-order valence-corrected chi connectivity index (χ4v) is 4.83. The summed E-state index contributed by atoms with van der Waals surface area (Å²) in [6, 6.07) is 9.66.